The second-order valence-electron chi connectivity index (χ2n) is 5.38. The van der Waals surface area contributed by atoms with Gasteiger partial charge in [-0.3, -0.25) is 0 Å². The maximum Gasteiger partial charge on any atom is 0.0723 e. The first-order valence-electron chi connectivity index (χ1n) is 6.35. The third-order valence-electron chi connectivity index (χ3n) is 4.16. The van der Waals surface area contributed by atoms with Crippen LogP contribution in [0.2, 0.25) is 0 Å². The lowest BCUT2D eigenvalue weighted by Gasteiger charge is -2.40. The van der Waals surface area contributed by atoms with Crippen LogP contribution in [0.4, 0.5) is 0 Å². The Balaban J connectivity index is 1.72. The zero-order chi connectivity index (χ0) is 11.9. The van der Waals surface area contributed by atoms with Crippen molar-refractivity contribution in [2.45, 2.75) is 43.7 Å². The van der Waals surface area contributed by atoms with E-state index in [2.05, 4.69) is 32.3 Å². The molecule has 2 aliphatic heterocycles. The zero-order valence-electron chi connectivity index (χ0n) is 9.86. The van der Waals surface area contributed by atoms with Crippen LogP contribution >= 0.6 is 27.3 Å². The molecule has 94 valence electrons. The van der Waals surface area contributed by atoms with Crippen LogP contribution in [-0.4, -0.2) is 34.7 Å². The molecule has 1 aromatic heterocycles. The Labute approximate surface area is 115 Å². The number of fused-ring (bicyclic) bond motifs is 1. The maximum atomic E-state index is 10.8. The summed E-state index contributed by atoms with van der Waals surface area (Å²) in [4.78, 5) is 3.84. The first-order chi connectivity index (χ1) is 8.16. The maximum absolute atomic E-state index is 10.8. The molecule has 1 aromatic rings. The fraction of sp³-hybridized carbons (Fsp3) is 0.692. The predicted molar refractivity (Wildman–Crippen MR) is 74.5 cm³/mol. The summed E-state index contributed by atoms with van der Waals surface area (Å²) in [5.41, 5.74) is -0.473. The molecule has 2 atom stereocenters. The number of hydrogen-bond acceptors (Lipinski definition) is 3. The van der Waals surface area contributed by atoms with Crippen molar-refractivity contribution in [3.8, 4) is 0 Å². The molecule has 4 heteroatoms. The Kier molecular flexibility index (Phi) is 3.32. The van der Waals surface area contributed by atoms with Gasteiger partial charge in [-0.2, -0.15) is 0 Å². The lowest BCUT2D eigenvalue weighted by molar-refractivity contribution is -0.0349. The molecule has 2 unspecified atom stereocenters. The van der Waals surface area contributed by atoms with Gasteiger partial charge in [-0.25, -0.2) is 0 Å². The molecule has 0 aliphatic carbocycles. The van der Waals surface area contributed by atoms with Crippen molar-refractivity contribution < 1.29 is 5.11 Å². The van der Waals surface area contributed by atoms with E-state index < -0.39 is 5.60 Å². The van der Waals surface area contributed by atoms with E-state index >= 15 is 0 Å². The molecule has 1 N–H and O–H groups in total. The van der Waals surface area contributed by atoms with Crippen LogP contribution < -0.4 is 0 Å². The van der Waals surface area contributed by atoms with Crippen LogP contribution in [0, 0.1) is 0 Å². The van der Waals surface area contributed by atoms with Crippen LogP contribution in [0.15, 0.2) is 15.9 Å². The van der Waals surface area contributed by atoms with E-state index in [0.717, 1.165) is 30.3 Å². The number of thiophene rings is 1. The fourth-order valence-corrected chi connectivity index (χ4v) is 4.85. The number of aliphatic hydroxyl groups is 1. The molecule has 0 aromatic carbocycles. The van der Waals surface area contributed by atoms with Gasteiger partial charge in [0.1, 0.15) is 0 Å². The Morgan fingerprint density at radius 1 is 1.53 bits per heavy atom. The molecule has 2 saturated heterocycles. The first kappa shape index (κ1) is 12.2. The van der Waals surface area contributed by atoms with E-state index in [-0.39, 0.29) is 0 Å². The summed E-state index contributed by atoms with van der Waals surface area (Å²) in [6.45, 7) is 2.31. The Morgan fingerprint density at radius 2 is 2.41 bits per heavy atom. The molecule has 0 bridgehead atoms. The number of piperidine rings is 1. The Morgan fingerprint density at radius 3 is 3.18 bits per heavy atom. The van der Waals surface area contributed by atoms with Crippen molar-refractivity contribution in [2.24, 2.45) is 0 Å². The van der Waals surface area contributed by atoms with Crippen LogP contribution in [-0.2, 0) is 6.42 Å². The average Bonchev–Trinajstić information content (AvgIpc) is 2.88. The summed E-state index contributed by atoms with van der Waals surface area (Å²) in [5, 5.41) is 12.9. The second-order valence-corrected chi connectivity index (χ2v) is 7.23. The number of halogens is 1. The highest BCUT2D eigenvalue weighted by molar-refractivity contribution is 9.10. The van der Waals surface area contributed by atoms with Gasteiger partial charge in [0, 0.05) is 28.4 Å². The molecule has 0 spiro atoms. The van der Waals surface area contributed by atoms with E-state index in [4.69, 9.17) is 0 Å². The first-order valence-corrected chi connectivity index (χ1v) is 8.02. The third-order valence-corrected chi connectivity index (χ3v) is 6.09. The highest BCUT2D eigenvalue weighted by Crippen LogP contribution is 2.37. The Hall–Kier alpha value is 0.1000. The van der Waals surface area contributed by atoms with Gasteiger partial charge in [-0.05, 0) is 59.6 Å². The molecule has 0 radical (unpaired) electrons. The molecule has 2 nitrogen and oxygen atoms in total. The summed E-state index contributed by atoms with van der Waals surface area (Å²) in [6.07, 6.45) is 5.28. The summed E-state index contributed by atoms with van der Waals surface area (Å²) in [7, 11) is 0. The van der Waals surface area contributed by atoms with E-state index in [9.17, 15) is 5.11 Å². The van der Waals surface area contributed by atoms with Gasteiger partial charge in [0.25, 0.3) is 0 Å². The molecular weight excluding hydrogens is 298 g/mol. The summed E-state index contributed by atoms with van der Waals surface area (Å²) in [6, 6.07) is 2.71. The van der Waals surface area contributed by atoms with Crippen molar-refractivity contribution in [1.82, 2.24) is 4.90 Å². The second kappa shape index (κ2) is 4.65. The average molecular weight is 316 g/mol. The molecular formula is C13H18BrNOS. The smallest absolute Gasteiger partial charge is 0.0723 e. The topological polar surface area (TPSA) is 23.5 Å². The summed E-state index contributed by atoms with van der Waals surface area (Å²) >= 11 is 5.31. The van der Waals surface area contributed by atoms with Gasteiger partial charge >= 0.3 is 0 Å². The molecule has 3 heterocycles. The largest absolute Gasteiger partial charge is 0.389 e. The standard InChI is InChI=1S/C13H18BrNOS/c14-11-3-7-17-12(11)9-13(16)4-6-15-5-1-2-10(15)8-13/h3,7,10,16H,1-2,4-6,8-9H2. The fourth-order valence-electron chi connectivity index (χ4n) is 3.22. The lowest BCUT2D eigenvalue weighted by atomic mass is 9.83. The number of nitrogens with zero attached hydrogens (tertiary/aromatic N) is 1. The molecule has 2 aliphatic rings. The molecule has 2 fully saturated rings. The Bertz CT molecular complexity index is 408. The lowest BCUT2D eigenvalue weighted by Crippen LogP contribution is -2.48. The molecule has 17 heavy (non-hydrogen) atoms. The van der Waals surface area contributed by atoms with E-state index in [1.165, 1.54) is 24.3 Å². The zero-order valence-corrected chi connectivity index (χ0v) is 12.3. The third kappa shape index (κ3) is 2.46. The van der Waals surface area contributed by atoms with Gasteiger partial charge in [-0.15, -0.1) is 11.3 Å². The summed E-state index contributed by atoms with van der Waals surface area (Å²) in [5.74, 6) is 0. The predicted octanol–water partition coefficient (Wildman–Crippen LogP) is 3.04. The van der Waals surface area contributed by atoms with Gasteiger partial charge in [0.15, 0.2) is 0 Å². The minimum absolute atomic E-state index is 0.473. The van der Waals surface area contributed by atoms with Crippen molar-refractivity contribution >= 4 is 27.3 Å². The SMILES string of the molecule is OC1(Cc2sccc2Br)CCN2CCCC2C1. The minimum atomic E-state index is -0.473. The van der Waals surface area contributed by atoms with Crippen molar-refractivity contribution in [3.05, 3.63) is 20.8 Å². The van der Waals surface area contributed by atoms with Crippen LogP contribution in [0.3, 0.4) is 0 Å². The number of hydrogen-bond donors (Lipinski definition) is 1. The van der Waals surface area contributed by atoms with Gasteiger partial charge in [-0.1, -0.05) is 0 Å². The molecule has 0 saturated carbocycles. The normalized spacial score (nSPS) is 33.9. The van der Waals surface area contributed by atoms with Crippen molar-refractivity contribution in [2.75, 3.05) is 13.1 Å². The van der Waals surface area contributed by atoms with Gasteiger partial charge < -0.3 is 10.0 Å². The molecule has 0 amide bonds. The van der Waals surface area contributed by atoms with Crippen molar-refractivity contribution in [1.29, 1.82) is 0 Å². The highest BCUT2D eigenvalue weighted by Gasteiger charge is 2.40. The van der Waals surface area contributed by atoms with Gasteiger partial charge in [0.2, 0.25) is 0 Å². The van der Waals surface area contributed by atoms with Crippen molar-refractivity contribution in [3.63, 3.8) is 0 Å². The monoisotopic (exact) mass is 315 g/mol. The number of rotatable bonds is 2. The van der Waals surface area contributed by atoms with Crippen LogP contribution in [0.1, 0.15) is 30.6 Å². The van der Waals surface area contributed by atoms with Crippen LogP contribution in [0.25, 0.3) is 0 Å². The minimum Gasteiger partial charge on any atom is -0.389 e. The van der Waals surface area contributed by atoms with Gasteiger partial charge in [0.05, 0.1) is 5.60 Å². The highest BCUT2D eigenvalue weighted by atomic mass is 79.9. The van der Waals surface area contributed by atoms with Crippen LogP contribution in [0.5, 0.6) is 0 Å². The van der Waals surface area contributed by atoms with E-state index in [1.54, 1.807) is 11.3 Å². The molecule has 3 rings (SSSR count). The van der Waals surface area contributed by atoms with E-state index in [1.807, 2.05) is 0 Å². The quantitative estimate of drug-likeness (QED) is 0.906. The summed E-state index contributed by atoms with van der Waals surface area (Å²) < 4.78 is 1.16. The van der Waals surface area contributed by atoms with E-state index in [0.29, 0.717) is 6.04 Å².